The van der Waals surface area contributed by atoms with Gasteiger partial charge in [-0.05, 0) is 97.5 Å². The van der Waals surface area contributed by atoms with Gasteiger partial charge in [0.2, 0.25) is 0 Å². The van der Waals surface area contributed by atoms with E-state index in [-0.39, 0.29) is 41.5 Å². The summed E-state index contributed by atoms with van der Waals surface area (Å²) in [6, 6.07) is 38.1. The predicted molar refractivity (Wildman–Crippen MR) is 284 cm³/mol. The molecule has 2 saturated carbocycles. The highest BCUT2D eigenvalue weighted by molar-refractivity contribution is 5.97. The Labute approximate surface area is 440 Å². The van der Waals surface area contributed by atoms with Crippen LogP contribution in [0, 0.1) is 22.7 Å². The van der Waals surface area contributed by atoms with Crippen molar-refractivity contribution in [2.24, 2.45) is 0 Å². The number of benzene rings is 4. The number of ether oxygens (including phenoxy) is 5. The second-order valence-electron chi connectivity index (χ2n) is 20.5. The fourth-order valence-electron chi connectivity index (χ4n) is 10.2. The van der Waals surface area contributed by atoms with Gasteiger partial charge in [0.1, 0.15) is 58.4 Å². The molecular formula is C61H56N6O9. The maximum absolute atomic E-state index is 12.2. The number of hydrogen-bond donors (Lipinski definition) is 0. The number of rotatable bonds is 11. The fraction of sp³-hybridized carbons (Fsp3) is 0.311. The van der Waals surface area contributed by atoms with Crippen LogP contribution >= 0.6 is 0 Å². The number of hydrogen-bond acceptors (Lipinski definition) is 13. The average Bonchev–Trinajstić information content (AvgIpc) is 4.26. The van der Waals surface area contributed by atoms with E-state index in [1.807, 2.05) is 84.9 Å². The number of furan rings is 2. The number of pyridine rings is 2. The van der Waals surface area contributed by atoms with Crippen molar-refractivity contribution < 1.29 is 42.1 Å². The lowest BCUT2D eigenvalue weighted by Crippen LogP contribution is -2.40. The Morgan fingerprint density at radius 2 is 1.07 bits per heavy atom. The zero-order valence-corrected chi connectivity index (χ0v) is 43.0. The Bertz CT molecular complexity index is 3580. The number of aromatic nitrogens is 2. The third-order valence-electron chi connectivity index (χ3n) is 14.6. The van der Waals surface area contributed by atoms with Crippen LogP contribution in [0.4, 0.5) is 0 Å². The van der Waals surface area contributed by atoms with Gasteiger partial charge in [-0.25, -0.2) is 0 Å². The maximum atomic E-state index is 12.2. The predicted octanol–water partition coefficient (Wildman–Crippen LogP) is 11.6. The Hall–Kier alpha value is -8.34. The summed E-state index contributed by atoms with van der Waals surface area (Å²) in [6.07, 6.45) is 10.5. The number of fused-ring (bicyclic) bond motifs is 2. The average molecular weight is 1020 g/mol. The second kappa shape index (κ2) is 20.4. The number of carbonyl (C=O) groups excluding carboxylic acids is 2. The van der Waals surface area contributed by atoms with Crippen LogP contribution in [0.2, 0.25) is 0 Å². The van der Waals surface area contributed by atoms with Gasteiger partial charge in [0, 0.05) is 119 Å². The number of nitriles is 2. The van der Waals surface area contributed by atoms with E-state index in [0.717, 1.165) is 83.8 Å². The van der Waals surface area contributed by atoms with E-state index in [2.05, 4.69) is 22.1 Å². The highest BCUT2D eigenvalue weighted by Crippen LogP contribution is 2.50. The minimum Gasteiger partial charge on any atom is -0.489 e. The second-order valence-corrected chi connectivity index (χ2v) is 20.5. The molecule has 4 aromatic heterocycles. The van der Waals surface area contributed by atoms with Crippen molar-refractivity contribution in [2.75, 3.05) is 41.9 Å². The molecular weight excluding hydrogens is 961 g/mol. The van der Waals surface area contributed by atoms with E-state index >= 15 is 0 Å². The first-order valence-corrected chi connectivity index (χ1v) is 25.5. The number of nitrogens with zero attached hydrogens (tertiary/aromatic N) is 6. The molecule has 0 radical (unpaired) electrons. The van der Waals surface area contributed by atoms with E-state index in [1.54, 1.807) is 81.8 Å². The SMILES string of the molecule is CN(C)C(=O)c1ccc(-c2cc3nccc(-c4ccc(OC5CCOC6(CC6)C5)c(C#N)c4)c3o2)cc1.COC1CC(Oc2ccc(-c3ccnc4cc(-c5ccc(C(=O)N(C)C)cc5)oc34)cc2C#N)CC2(CC2)O1. The van der Waals surface area contributed by atoms with Gasteiger partial charge in [0.25, 0.3) is 11.8 Å². The van der Waals surface area contributed by atoms with E-state index in [9.17, 15) is 20.1 Å². The van der Waals surface area contributed by atoms with Gasteiger partial charge in [-0.1, -0.05) is 36.4 Å². The molecule has 2 aliphatic carbocycles. The zero-order valence-electron chi connectivity index (χ0n) is 43.0. The Morgan fingerprint density at radius 1 is 0.605 bits per heavy atom. The minimum absolute atomic E-state index is 0.0114. The molecule has 4 fully saturated rings. The molecule has 12 rings (SSSR count). The van der Waals surface area contributed by atoms with Gasteiger partial charge in [-0.3, -0.25) is 19.6 Å². The highest BCUT2D eigenvalue weighted by Gasteiger charge is 2.52. The quantitative estimate of drug-likeness (QED) is 0.119. The molecule has 3 atom stereocenters. The summed E-state index contributed by atoms with van der Waals surface area (Å²) in [5.41, 5.74) is 9.80. The molecule has 8 aromatic rings. The first-order valence-electron chi connectivity index (χ1n) is 25.5. The number of amides is 2. The van der Waals surface area contributed by atoms with Gasteiger partial charge in [-0.2, -0.15) is 10.5 Å². The van der Waals surface area contributed by atoms with Crippen molar-refractivity contribution in [1.82, 2.24) is 19.8 Å². The van der Waals surface area contributed by atoms with Crippen molar-refractivity contribution in [3.63, 3.8) is 0 Å². The van der Waals surface area contributed by atoms with Crippen molar-refractivity contribution >= 4 is 34.0 Å². The van der Waals surface area contributed by atoms with Crippen molar-refractivity contribution in [1.29, 1.82) is 10.5 Å². The van der Waals surface area contributed by atoms with Gasteiger partial charge in [0.05, 0.1) is 28.9 Å². The zero-order chi connectivity index (χ0) is 52.7. The monoisotopic (exact) mass is 1020 g/mol. The molecule has 2 spiro atoms. The van der Waals surface area contributed by atoms with Crippen LogP contribution in [0.15, 0.2) is 130 Å². The lowest BCUT2D eigenvalue weighted by atomic mass is 10.0. The van der Waals surface area contributed by atoms with Gasteiger partial charge in [0.15, 0.2) is 17.5 Å². The standard InChI is InChI=1S/C31H29N3O5.C30H27N3O4/c1-34(2)30(35)20-6-4-19(5-7-20)27-16-25-29(38-27)24(10-13-33-25)21-8-9-26(22(14-21)18-32)37-23-15-28(36-3)39-31(17-23)11-12-31;1-33(2)29(34)20-5-3-19(4-6-20)27-16-25-28(37-27)24(9-13-32-25)21-7-8-26(22(15-21)18-31)36-23-10-14-35-30(17-23)11-12-30/h4-10,13-14,16,23,28H,11-12,15,17H2,1-3H3;3-9,13,15-16,23H,10-12,14,17H2,1-2H3. The number of carbonyl (C=O) groups is 2. The molecule has 384 valence electrons. The van der Waals surface area contributed by atoms with E-state index in [1.165, 1.54) is 0 Å². The van der Waals surface area contributed by atoms with Crippen molar-refractivity contribution in [3.05, 3.63) is 144 Å². The Kier molecular flexibility index (Phi) is 13.4. The lowest BCUT2D eigenvalue weighted by Gasteiger charge is -2.35. The molecule has 4 aromatic carbocycles. The first-order chi connectivity index (χ1) is 36.8. The maximum Gasteiger partial charge on any atom is 0.253 e. The highest BCUT2D eigenvalue weighted by atomic mass is 16.7. The molecule has 2 saturated heterocycles. The molecule has 0 N–H and O–H groups in total. The van der Waals surface area contributed by atoms with Crippen LogP contribution in [0.25, 0.3) is 67.1 Å². The summed E-state index contributed by atoms with van der Waals surface area (Å²) in [4.78, 5) is 36.5. The molecule has 3 unspecified atom stereocenters. The summed E-state index contributed by atoms with van der Waals surface area (Å²) >= 11 is 0. The van der Waals surface area contributed by atoms with Gasteiger partial charge < -0.3 is 42.3 Å². The minimum atomic E-state index is -0.293. The molecule has 2 aliphatic heterocycles. The van der Waals surface area contributed by atoms with Crippen LogP contribution in [-0.4, -0.2) is 103 Å². The van der Waals surface area contributed by atoms with Crippen molar-refractivity contribution in [2.45, 2.75) is 81.1 Å². The van der Waals surface area contributed by atoms with Gasteiger partial charge in [-0.15, -0.1) is 0 Å². The van der Waals surface area contributed by atoms with Crippen LogP contribution < -0.4 is 9.47 Å². The lowest BCUT2D eigenvalue weighted by molar-refractivity contribution is -0.210. The van der Waals surface area contributed by atoms with Crippen LogP contribution in [-0.2, 0) is 14.2 Å². The molecule has 4 aliphatic rings. The summed E-state index contributed by atoms with van der Waals surface area (Å²) in [6.45, 7) is 0.704. The molecule has 15 heteroatoms. The van der Waals surface area contributed by atoms with E-state index in [0.29, 0.717) is 75.0 Å². The first kappa shape index (κ1) is 49.9. The van der Waals surface area contributed by atoms with Crippen molar-refractivity contribution in [3.8, 4) is 68.5 Å². The molecule has 15 nitrogen and oxygen atoms in total. The van der Waals surface area contributed by atoms with E-state index in [4.69, 9.17) is 32.5 Å². The number of methoxy groups -OCH3 is 1. The van der Waals surface area contributed by atoms with E-state index < -0.39 is 0 Å². The third-order valence-corrected chi connectivity index (χ3v) is 14.6. The van der Waals surface area contributed by atoms with Gasteiger partial charge >= 0.3 is 0 Å². The summed E-state index contributed by atoms with van der Waals surface area (Å²) in [7, 11) is 8.56. The Balaban J connectivity index is 0.000000162. The van der Waals surface area contributed by atoms with Crippen LogP contribution in [0.3, 0.4) is 0 Å². The smallest absolute Gasteiger partial charge is 0.253 e. The topological polar surface area (TPSA) is 186 Å². The molecule has 2 amide bonds. The van der Waals surface area contributed by atoms with Crippen LogP contribution in [0.1, 0.15) is 83.2 Å². The summed E-state index contributed by atoms with van der Waals surface area (Å²) < 4.78 is 42.5. The molecule has 6 heterocycles. The summed E-state index contributed by atoms with van der Waals surface area (Å²) in [5, 5.41) is 19.8. The molecule has 0 bridgehead atoms. The molecule has 76 heavy (non-hydrogen) atoms. The Morgan fingerprint density at radius 3 is 1.51 bits per heavy atom. The fourth-order valence-corrected chi connectivity index (χ4v) is 10.2. The van der Waals surface area contributed by atoms with Crippen LogP contribution in [0.5, 0.6) is 11.5 Å². The normalized spacial score (nSPS) is 18.8. The third kappa shape index (κ3) is 10.2. The summed E-state index contributed by atoms with van der Waals surface area (Å²) in [5.74, 6) is 2.36. The largest absolute Gasteiger partial charge is 0.489 e.